The summed E-state index contributed by atoms with van der Waals surface area (Å²) in [4.78, 5) is 15.0. The van der Waals surface area contributed by atoms with Crippen LogP contribution in [0.15, 0.2) is 42.5 Å². The molecule has 2 fully saturated rings. The molecule has 2 aromatic rings. The second-order valence-corrected chi connectivity index (χ2v) is 8.78. The molecule has 4 atom stereocenters. The Balaban J connectivity index is 1.69. The molecule has 2 saturated heterocycles. The number of phenols is 1. The van der Waals surface area contributed by atoms with E-state index in [4.69, 9.17) is 9.47 Å². The number of hydrogen-bond donors (Lipinski definition) is 4. The highest BCUT2D eigenvalue weighted by Gasteiger charge is 2.55. The zero-order valence-electron chi connectivity index (χ0n) is 19.9. The molecule has 0 saturated carbocycles. The predicted octanol–water partition coefficient (Wildman–Crippen LogP) is 3.07. The van der Waals surface area contributed by atoms with E-state index in [9.17, 15) is 15.0 Å². The number of likely N-dealkylation sites (tertiary alicyclic amines) is 1. The molecule has 0 spiro atoms. The van der Waals surface area contributed by atoms with Crippen molar-refractivity contribution in [2.75, 3.05) is 26.4 Å². The number of benzene rings is 2. The van der Waals surface area contributed by atoms with Gasteiger partial charge in [0.25, 0.3) is 0 Å². The molecule has 2 aliphatic heterocycles. The van der Waals surface area contributed by atoms with E-state index in [0.717, 1.165) is 30.4 Å². The summed E-state index contributed by atoms with van der Waals surface area (Å²) in [6.45, 7) is 5.30. The van der Waals surface area contributed by atoms with Gasteiger partial charge in [0.1, 0.15) is 11.8 Å². The van der Waals surface area contributed by atoms with E-state index in [1.807, 2.05) is 37.3 Å². The fourth-order valence-corrected chi connectivity index (χ4v) is 5.10. The third kappa shape index (κ3) is 4.71. The monoisotopic (exact) mass is 469 g/mol. The number of carbonyl (C=O) groups is 1. The Bertz CT molecular complexity index is 985. The summed E-state index contributed by atoms with van der Waals surface area (Å²) in [5, 5.41) is 20.2. The van der Waals surface area contributed by atoms with Gasteiger partial charge in [0.2, 0.25) is 5.91 Å². The number of ether oxygens (including phenoxy) is 2. The summed E-state index contributed by atoms with van der Waals surface area (Å²) < 4.78 is 11.9. The largest absolute Gasteiger partial charge is 0.508 e. The molecule has 0 radical (unpaired) electrons. The second kappa shape index (κ2) is 11.1. The summed E-state index contributed by atoms with van der Waals surface area (Å²) in [7, 11) is 0. The van der Waals surface area contributed by atoms with E-state index in [0.29, 0.717) is 24.7 Å². The highest BCUT2D eigenvalue weighted by Crippen LogP contribution is 2.49. The van der Waals surface area contributed by atoms with Gasteiger partial charge in [0.15, 0.2) is 11.5 Å². The van der Waals surface area contributed by atoms with Gasteiger partial charge in [-0.2, -0.15) is 0 Å². The van der Waals surface area contributed by atoms with Crippen molar-refractivity contribution in [1.29, 1.82) is 0 Å². The van der Waals surface area contributed by atoms with Crippen molar-refractivity contribution in [1.82, 2.24) is 15.8 Å². The number of β-amino-alcohol motifs (C(OH)–C–C–N with tert-alkyl or cyclic N) is 1. The Morgan fingerprint density at radius 3 is 2.53 bits per heavy atom. The Hall–Kier alpha value is -2.81. The predicted molar refractivity (Wildman–Crippen MR) is 129 cm³/mol. The number of hydrazine groups is 1. The van der Waals surface area contributed by atoms with Crippen LogP contribution in [0.1, 0.15) is 56.3 Å². The molecule has 4 N–H and O–H groups in total. The lowest BCUT2D eigenvalue weighted by molar-refractivity contribution is -0.131. The average Bonchev–Trinajstić information content (AvgIpc) is 3.37. The molecular formula is C26H35N3O5. The van der Waals surface area contributed by atoms with Crippen LogP contribution in [0.2, 0.25) is 0 Å². The molecule has 4 unspecified atom stereocenters. The van der Waals surface area contributed by atoms with E-state index < -0.39 is 6.04 Å². The molecule has 0 aromatic heterocycles. The third-order valence-electron chi connectivity index (χ3n) is 6.64. The molecule has 2 heterocycles. The molecule has 1 amide bonds. The van der Waals surface area contributed by atoms with Crippen LogP contribution in [0, 0.1) is 5.92 Å². The number of phenolic OH excluding ortho intramolecular Hbond substituents is 1. The molecule has 8 nitrogen and oxygen atoms in total. The minimum absolute atomic E-state index is 0.0766. The summed E-state index contributed by atoms with van der Waals surface area (Å²) in [5.41, 5.74) is 7.99. The molecule has 0 aliphatic carbocycles. The van der Waals surface area contributed by atoms with E-state index in [1.54, 1.807) is 17.0 Å². The standard InChI is InChI=1S/C26H35N3O5/c1-3-5-8-15-34-20-12-11-17(16-21(20)33-4-2)25-22-23(18-9-6-7-10-19(18)31)27-28-24(22)26(32)29(25)13-14-30/h6-7,9-12,16,22-25,27-28,30-31H,3-5,8,13-15H2,1-2H3. The number of aliphatic hydroxyl groups is 1. The van der Waals surface area contributed by atoms with E-state index in [1.165, 1.54) is 0 Å². The fourth-order valence-electron chi connectivity index (χ4n) is 5.10. The first kappa shape index (κ1) is 24.3. The SMILES string of the molecule is CCCCCOc1ccc(C2C3C(NNC3c3ccccc3O)C(=O)N2CCO)cc1OCC. The van der Waals surface area contributed by atoms with Gasteiger partial charge in [-0.15, -0.1) is 0 Å². The Morgan fingerprint density at radius 2 is 1.79 bits per heavy atom. The first-order valence-electron chi connectivity index (χ1n) is 12.2. The van der Waals surface area contributed by atoms with Crippen LogP contribution in [0.4, 0.5) is 0 Å². The number of para-hydroxylation sites is 1. The number of aromatic hydroxyl groups is 1. The highest BCUT2D eigenvalue weighted by molar-refractivity contribution is 5.86. The molecule has 0 bridgehead atoms. The van der Waals surface area contributed by atoms with Crippen LogP contribution in [-0.2, 0) is 4.79 Å². The van der Waals surface area contributed by atoms with Crippen molar-refractivity contribution < 1.29 is 24.5 Å². The van der Waals surface area contributed by atoms with Crippen molar-refractivity contribution in [2.45, 2.75) is 51.2 Å². The maximum absolute atomic E-state index is 13.3. The third-order valence-corrected chi connectivity index (χ3v) is 6.64. The lowest BCUT2D eigenvalue weighted by Gasteiger charge is -2.31. The van der Waals surface area contributed by atoms with Crippen LogP contribution in [0.5, 0.6) is 17.2 Å². The highest BCUT2D eigenvalue weighted by atomic mass is 16.5. The molecule has 2 aliphatic rings. The lowest BCUT2D eigenvalue weighted by atomic mass is 9.83. The van der Waals surface area contributed by atoms with Crippen molar-refractivity contribution in [3.8, 4) is 17.2 Å². The molecule has 8 heteroatoms. The van der Waals surface area contributed by atoms with Crippen molar-refractivity contribution in [3.05, 3.63) is 53.6 Å². The number of rotatable bonds is 11. The molecular weight excluding hydrogens is 434 g/mol. The van der Waals surface area contributed by atoms with Gasteiger partial charge in [-0.05, 0) is 37.1 Å². The topological polar surface area (TPSA) is 103 Å². The summed E-state index contributed by atoms with van der Waals surface area (Å²) in [6, 6.07) is 11.9. The van der Waals surface area contributed by atoms with Gasteiger partial charge in [0.05, 0.1) is 31.9 Å². The van der Waals surface area contributed by atoms with Crippen LogP contribution in [0.3, 0.4) is 0 Å². The smallest absolute Gasteiger partial charge is 0.242 e. The molecule has 4 rings (SSSR count). The fraction of sp³-hybridized carbons (Fsp3) is 0.500. The van der Waals surface area contributed by atoms with Gasteiger partial charge in [-0.25, -0.2) is 10.9 Å². The molecule has 184 valence electrons. The van der Waals surface area contributed by atoms with Crippen LogP contribution in [0.25, 0.3) is 0 Å². The van der Waals surface area contributed by atoms with Gasteiger partial charge >= 0.3 is 0 Å². The number of unbranched alkanes of at least 4 members (excludes halogenated alkanes) is 2. The maximum Gasteiger partial charge on any atom is 0.242 e. The van der Waals surface area contributed by atoms with Crippen LogP contribution < -0.4 is 20.3 Å². The normalized spacial score (nSPS) is 23.9. The summed E-state index contributed by atoms with van der Waals surface area (Å²) in [5.74, 6) is 1.25. The van der Waals surface area contributed by atoms with Gasteiger partial charge in [-0.3, -0.25) is 4.79 Å². The number of nitrogens with zero attached hydrogens (tertiary/aromatic N) is 1. The maximum atomic E-state index is 13.3. The van der Waals surface area contributed by atoms with Gasteiger partial charge in [-0.1, -0.05) is 44.0 Å². The Labute approximate surface area is 200 Å². The van der Waals surface area contributed by atoms with Gasteiger partial charge in [0, 0.05) is 18.0 Å². The minimum Gasteiger partial charge on any atom is -0.508 e. The summed E-state index contributed by atoms with van der Waals surface area (Å²) in [6.07, 6.45) is 3.22. The zero-order valence-corrected chi connectivity index (χ0v) is 19.9. The van der Waals surface area contributed by atoms with Gasteiger partial charge < -0.3 is 24.6 Å². The van der Waals surface area contributed by atoms with Crippen LogP contribution >= 0.6 is 0 Å². The lowest BCUT2D eigenvalue weighted by Crippen LogP contribution is -2.42. The first-order chi connectivity index (χ1) is 16.6. The number of aliphatic hydroxyl groups excluding tert-OH is 1. The number of amides is 1. The van der Waals surface area contributed by atoms with E-state index in [2.05, 4.69) is 17.8 Å². The number of carbonyl (C=O) groups excluding carboxylic acids is 1. The molecule has 2 aromatic carbocycles. The minimum atomic E-state index is -0.471. The van der Waals surface area contributed by atoms with Crippen molar-refractivity contribution in [3.63, 3.8) is 0 Å². The Kier molecular flexibility index (Phi) is 7.92. The number of nitrogens with one attached hydrogen (secondary N) is 2. The molecule has 34 heavy (non-hydrogen) atoms. The quantitative estimate of drug-likeness (QED) is 0.375. The van der Waals surface area contributed by atoms with Crippen molar-refractivity contribution >= 4 is 5.91 Å². The Morgan fingerprint density at radius 1 is 1.00 bits per heavy atom. The van der Waals surface area contributed by atoms with E-state index >= 15 is 0 Å². The van der Waals surface area contributed by atoms with E-state index in [-0.39, 0.29) is 42.8 Å². The average molecular weight is 470 g/mol. The number of hydrogen-bond acceptors (Lipinski definition) is 7. The van der Waals surface area contributed by atoms with Crippen molar-refractivity contribution in [2.24, 2.45) is 5.92 Å². The zero-order chi connectivity index (χ0) is 24.1. The second-order valence-electron chi connectivity index (χ2n) is 8.78. The number of fused-ring (bicyclic) bond motifs is 1. The first-order valence-corrected chi connectivity index (χ1v) is 12.2. The van der Waals surface area contributed by atoms with Crippen LogP contribution in [-0.4, -0.2) is 53.4 Å². The summed E-state index contributed by atoms with van der Waals surface area (Å²) >= 11 is 0.